The van der Waals surface area contributed by atoms with Gasteiger partial charge >= 0.3 is 5.91 Å². The molecule has 25 heavy (non-hydrogen) atoms. The van der Waals surface area contributed by atoms with Crippen molar-refractivity contribution < 1.29 is 14.6 Å². The van der Waals surface area contributed by atoms with E-state index in [1.54, 1.807) is 13.8 Å². The normalized spacial score (nSPS) is 11.2. The van der Waals surface area contributed by atoms with Crippen LogP contribution in [0.4, 0.5) is 5.69 Å². The third-order valence-corrected chi connectivity index (χ3v) is 3.79. The summed E-state index contributed by atoms with van der Waals surface area (Å²) >= 11 is 0. The molecule has 0 heterocycles. The van der Waals surface area contributed by atoms with Crippen LogP contribution in [0.5, 0.6) is 0 Å². The Hall–Kier alpha value is -2.35. The van der Waals surface area contributed by atoms with Gasteiger partial charge in [-0.1, -0.05) is 44.2 Å². The molecule has 1 aromatic rings. The summed E-state index contributed by atoms with van der Waals surface area (Å²) in [5.74, 6) is -0.760. The maximum atomic E-state index is 12.3. The van der Waals surface area contributed by atoms with E-state index in [0.717, 1.165) is 25.7 Å². The molecule has 1 amide bonds. The number of carbonyl (C=O) groups excluding carboxylic acids is 1. The first-order valence-electron chi connectivity index (χ1n) is 8.42. The molecule has 0 saturated carbocycles. The number of unbranched alkanes of at least 4 members (excludes halogenated alkanes) is 4. The van der Waals surface area contributed by atoms with E-state index >= 15 is 0 Å². The predicted octanol–water partition coefficient (Wildman–Crippen LogP) is 4.79. The largest absolute Gasteiger partial charge is 0.302 e. The van der Waals surface area contributed by atoms with Crippen molar-refractivity contribution in [2.24, 2.45) is 5.29 Å². The molecule has 0 fully saturated rings. The molecule has 1 rings (SSSR count). The van der Waals surface area contributed by atoms with Crippen LogP contribution in [-0.2, 0) is 4.84 Å². The highest BCUT2D eigenvalue weighted by molar-refractivity contribution is 5.93. The number of nitrogens with zero attached hydrogens (tertiary/aromatic N) is 3. The molecule has 0 aliphatic carbocycles. The quantitative estimate of drug-likeness (QED) is 0.187. The van der Waals surface area contributed by atoms with Crippen LogP contribution in [0.15, 0.2) is 29.6 Å². The molecule has 8 heteroatoms. The van der Waals surface area contributed by atoms with Gasteiger partial charge < -0.3 is 0 Å². The van der Waals surface area contributed by atoms with Gasteiger partial charge in [0.2, 0.25) is 0 Å². The van der Waals surface area contributed by atoms with Crippen molar-refractivity contribution in [1.29, 1.82) is 0 Å². The van der Waals surface area contributed by atoms with Gasteiger partial charge in [0.25, 0.3) is 5.69 Å². The highest BCUT2D eigenvalue weighted by atomic mass is 18.1. The highest BCUT2D eigenvalue weighted by Gasteiger charge is 2.28. The summed E-state index contributed by atoms with van der Waals surface area (Å²) in [4.78, 5) is 38.8. The number of hydrogen-bond acceptors (Lipinski definition) is 6. The number of nitro benzene ring substituents is 1. The first kappa shape index (κ1) is 20.7. The Kier molecular flexibility index (Phi) is 8.13. The molecular weight excluding hydrogens is 328 g/mol. The summed E-state index contributed by atoms with van der Waals surface area (Å²) in [5.41, 5.74) is -0.782. The zero-order chi connectivity index (χ0) is 18.9. The molecule has 0 aliphatic rings. The van der Waals surface area contributed by atoms with Gasteiger partial charge in [-0.2, -0.15) is 0 Å². The minimum absolute atomic E-state index is 0.0870. The zero-order valence-corrected chi connectivity index (χ0v) is 14.9. The summed E-state index contributed by atoms with van der Waals surface area (Å²) in [6.07, 6.45) is 6.14. The average Bonchev–Trinajstić information content (AvgIpc) is 2.59. The molecule has 138 valence electrons. The highest BCUT2D eigenvalue weighted by Crippen LogP contribution is 2.22. The van der Waals surface area contributed by atoms with Crippen molar-refractivity contribution in [3.63, 3.8) is 0 Å². The number of benzene rings is 1. The smallest absolute Gasteiger partial charge is 0.265 e. The molecule has 0 atom stereocenters. The van der Waals surface area contributed by atoms with Crippen molar-refractivity contribution in [3.05, 3.63) is 44.9 Å². The summed E-state index contributed by atoms with van der Waals surface area (Å²) < 4.78 is 0. The molecule has 0 bridgehead atoms. The van der Waals surface area contributed by atoms with Crippen LogP contribution >= 0.6 is 0 Å². The van der Waals surface area contributed by atoms with Gasteiger partial charge in [-0.15, -0.1) is 4.91 Å². The Morgan fingerprint density at radius 3 is 2.36 bits per heavy atom. The van der Waals surface area contributed by atoms with E-state index < -0.39 is 16.4 Å². The number of rotatable bonds is 11. The van der Waals surface area contributed by atoms with Crippen LogP contribution in [0.25, 0.3) is 0 Å². The third-order valence-electron chi connectivity index (χ3n) is 3.79. The minimum Gasteiger partial charge on any atom is -0.265 e. The van der Waals surface area contributed by atoms with Gasteiger partial charge in [-0.05, 0) is 32.4 Å². The lowest BCUT2D eigenvalue weighted by Gasteiger charge is -2.27. The number of hydrogen-bond donors (Lipinski definition) is 0. The van der Waals surface area contributed by atoms with Crippen LogP contribution in [0.2, 0.25) is 0 Å². The molecule has 0 radical (unpaired) electrons. The molecule has 0 unspecified atom stereocenters. The lowest BCUT2D eigenvalue weighted by Crippen LogP contribution is -2.36. The second-order valence-electron chi connectivity index (χ2n) is 6.48. The van der Waals surface area contributed by atoms with Gasteiger partial charge in [0.1, 0.15) is 0 Å². The van der Waals surface area contributed by atoms with Crippen LogP contribution < -0.4 is 0 Å². The Balaban J connectivity index is 2.65. The van der Waals surface area contributed by atoms with Crippen molar-refractivity contribution in [3.8, 4) is 0 Å². The molecule has 8 nitrogen and oxygen atoms in total. The number of non-ortho nitro benzene ring substituents is 1. The summed E-state index contributed by atoms with van der Waals surface area (Å²) in [5, 5.41) is 13.7. The monoisotopic (exact) mass is 353 g/mol. The topological polar surface area (TPSA) is 102 Å². The number of nitro groups is 1. The van der Waals surface area contributed by atoms with Crippen LogP contribution in [0.1, 0.15) is 69.7 Å². The average molecular weight is 353 g/mol. The van der Waals surface area contributed by atoms with E-state index in [-0.39, 0.29) is 11.3 Å². The van der Waals surface area contributed by atoms with E-state index in [9.17, 15) is 19.8 Å². The molecule has 0 N–H and O–H groups in total. The number of amides is 1. The Labute approximate surface area is 147 Å². The first-order valence-corrected chi connectivity index (χ1v) is 8.42. The van der Waals surface area contributed by atoms with Crippen LogP contribution in [-0.4, -0.2) is 21.6 Å². The number of nitroso groups, excluding NO2 is 1. The van der Waals surface area contributed by atoms with E-state index in [1.807, 2.05) is 0 Å². The summed E-state index contributed by atoms with van der Waals surface area (Å²) in [7, 11) is 0. The van der Waals surface area contributed by atoms with Crippen LogP contribution in [0.3, 0.4) is 0 Å². The Bertz CT molecular complexity index is 586. The lowest BCUT2D eigenvalue weighted by atomic mass is 10.00. The van der Waals surface area contributed by atoms with Crippen molar-refractivity contribution in [1.82, 2.24) is 5.17 Å². The second kappa shape index (κ2) is 9.83. The van der Waals surface area contributed by atoms with Crippen molar-refractivity contribution in [2.75, 3.05) is 0 Å². The summed E-state index contributed by atoms with van der Waals surface area (Å²) in [6.45, 7) is 5.71. The van der Waals surface area contributed by atoms with E-state index in [1.165, 1.54) is 30.7 Å². The number of hydroxylamine groups is 1. The Morgan fingerprint density at radius 2 is 1.84 bits per heavy atom. The maximum Gasteiger partial charge on any atom is 0.302 e. The maximum absolute atomic E-state index is 12.3. The van der Waals surface area contributed by atoms with E-state index in [0.29, 0.717) is 11.6 Å². The molecule has 0 saturated heterocycles. The molecule has 1 aromatic carbocycles. The minimum atomic E-state index is -0.760. The van der Waals surface area contributed by atoms with Gasteiger partial charge in [-0.25, -0.2) is 4.84 Å². The lowest BCUT2D eigenvalue weighted by molar-refractivity contribution is -0.384. The molecule has 0 aromatic heterocycles. The first-order chi connectivity index (χ1) is 11.8. The fourth-order valence-electron chi connectivity index (χ4n) is 2.37. The summed E-state index contributed by atoms with van der Waals surface area (Å²) in [6, 6.07) is 4.91. The fraction of sp³-hybridized carbons (Fsp3) is 0.588. The van der Waals surface area contributed by atoms with Crippen molar-refractivity contribution in [2.45, 2.75) is 64.9 Å². The fourth-order valence-corrected chi connectivity index (χ4v) is 2.37. The SMILES string of the molecule is CCCCCCCC(C)(C)ON(N=[18O])C(=O)c1ccc([N+](=O)[O-])cc1. The zero-order valence-electron chi connectivity index (χ0n) is 14.9. The molecular formula is C17H25N3O5. The second-order valence-corrected chi connectivity index (χ2v) is 6.48. The van der Waals surface area contributed by atoms with Crippen LogP contribution in [0, 0.1) is 15.0 Å². The predicted molar refractivity (Wildman–Crippen MR) is 93.6 cm³/mol. The van der Waals surface area contributed by atoms with E-state index in [4.69, 9.17) is 4.84 Å². The Morgan fingerprint density at radius 1 is 1.24 bits per heavy atom. The van der Waals surface area contributed by atoms with E-state index in [2.05, 4.69) is 12.2 Å². The van der Waals surface area contributed by atoms with Crippen molar-refractivity contribution >= 4 is 11.6 Å². The molecule has 0 aliphatic heterocycles. The number of carbonyl (C=O) groups is 1. The third kappa shape index (κ3) is 6.96. The van der Waals surface area contributed by atoms with Gasteiger partial charge in [0.05, 0.1) is 15.8 Å². The molecule has 0 spiro atoms. The standard InChI is InChI=1S/C17H25N3O5/c1-4-5-6-7-8-13-17(2,3)25-19(18-22)16(21)14-9-11-15(12-10-14)20(23)24/h9-12H,4-8,13H2,1-3H3/i22+2. The van der Waals surface area contributed by atoms with Gasteiger partial charge in [-0.3, -0.25) is 14.9 Å². The van der Waals surface area contributed by atoms with Gasteiger partial charge in [0.15, 0.2) is 0 Å². The van der Waals surface area contributed by atoms with Gasteiger partial charge in [0, 0.05) is 17.7 Å².